The highest BCUT2D eigenvalue weighted by atomic mass is 16.2. The molecule has 1 saturated heterocycles. The molecule has 0 saturated carbocycles. The lowest BCUT2D eigenvalue weighted by Crippen LogP contribution is -2.48. The van der Waals surface area contributed by atoms with Crippen molar-refractivity contribution in [3.63, 3.8) is 0 Å². The predicted octanol–water partition coefficient (Wildman–Crippen LogP) is 1.87. The Bertz CT molecular complexity index is 833. The first-order valence-electron chi connectivity index (χ1n) is 8.02. The van der Waals surface area contributed by atoms with E-state index in [1.165, 1.54) is 4.90 Å². The summed E-state index contributed by atoms with van der Waals surface area (Å²) in [5, 5.41) is 0. The van der Waals surface area contributed by atoms with E-state index in [0.717, 1.165) is 11.1 Å². The molecule has 1 aliphatic rings. The number of hydrogen-bond donors (Lipinski definition) is 2. The lowest BCUT2D eigenvalue weighted by Gasteiger charge is -2.18. The zero-order valence-electron chi connectivity index (χ0n) is 14.1. The maximum atomic E-state index is 12.6. The summed E-state index contributed by atoms with van der Waals surface area (Å²) in [4.78, 5) is 38.1. The Kier molecular flexibility index (Phi) is 4.63. The van der Waals surface area contributed by atoms with E-state index in [4.69, 9.17) is 0 Å². The Morgan fingerprint density at radius 3 is 2.48 bits per heavy atom. The Balaban J connectivity index is 1.70. The van der Waals surface area contributed by atoms with Crippen molar-refractivity contribution in [2.24, 2.45) is 0 Å². The second kappa shape index (κ2) is 6.86. The highest BCUT2D eigenvalue weighted by molar-refractivity contribution is 6.22. The first-order valence-corrected chi connectivity index (χ1v) is 8.02. The van der Waals surface area contributed by atoms with Gasteiger partial charge < -0.3 is 0 Å². The van der Waals surface area contributed by atoms with Gasteiger partial charge in [0.05, 0.1) is 12.1 Å². The summed E-state index contributed by atoms with van der Waals surface area (Å²) in [5.41, 5.74) is 8.15. The summed E-state index contributed by atoms with van der Waals surface area (Å²) >= 11 is 0. The minimum Gasteiger partial charge on any atom is -0.287 e. The molecular weight excluding hydrogens is 318 g/mol. The summed E-state index contributed by atoms with van der Waals surface area (Å²) in [6, 6.07) is 13.4. The lowest BCUT2D eigenvalue weighted by molar-refractivity contribution is -0.121. The van der Waals surface area contributed by atoms with E-state index < -0.39 is 6.04 Å². The van der Waals surface area contributed by atoms with Gasteiger partial charge >= 0.3 is 0 Å². The van der Waals surface area contributed by atoms with Crippen LogP contribution in [0.25, 0.3) is 0 Å². The molecule has 3 amide bonds. The van der Waals surface area contributed by atoms with Crippen LogP contribution in [-0.2, 0) is 9.59 Å². The molecule has 2 aromatic carbocycles. The number of anilines is 1. The van der Waals surface area contributed by atoms with Crippen LogP contribution in [0.15, 0.2) is 48.5 Å². The molecule has 1 heterocycles. The van der Waals surface area contributed by atoms with E-state index in [1.807, 2.05) is 32.0 Å². The normalized spacial score (nSPS) is 17.0. The maximum Gasteiger partial charge on any atom is 0.265 e. The number of rotatable bonds is 4. The lowest BCUT2D eigenvalue weighted by atomic mass is 10.1. The molecule has 1 atom stereocenters. The van der Waals surface area contributed by atoms with Crippen LogP contribution in [0.1, 0.15) is 27.9 Å². The van der Waals surface area contributed by atoms with E-state index in [1.54, 1.807) is 30.3 Å². The zero-order chi connectivity index (χ0) is 18.0. The molecule has 6 nitrogen and oxygen atoms in total. The SMILES string of the molecule is Cc1ccc(N2C(=O)CC(NNC(=O)c3ccccc3)C2=O)c(C)c1. The van der Waals surface area contributed by atoms with Crippen LogP contribution in [0.4, 0.5) is 5.69 Å². The summed E-state index contributed by atoms with van der Waals surface area (Å²) in [6.07, 6.45) is 0.00121. The molecule has 2 N–H and O–H groups in total. The van der Waals surface area contributed by atoms with Crippen LogP contribution in [-0.4, -0.2) is 23.8 Å². The molecule has 1 fully saturated rings. The smallest absolute Gasteiger partial charge is 0.265 e. The van der Waals surface area contributed by atoms with E-state index in [2.05, 4.69) is 10.9 Å². The number of aryl methyl sites for hydroxylation is 2. The zero-order valence-corrected chi connectivity index (χ0v) is 14.1. The molecule has 3 rings (SSSR count). The third-order valence-corrected chi connectivity index (χ3v) is 4.14. The van der Waals surface area contributed by atoms with Gasteiger partial charge in [0.15, 0.2) is 0 Å². The second-order valence-electron chi connectivity index (χ2n) is 6.08. The number of nitrogens with zero attached hydrogens (tertiary/aromatic N) is 1. The molecular formula is C19H19N3O3. The molecule has 0 bridgehead atoms. The number of carbonyl (C=O) groups excluding carboxylic acids is 3. The van der Waals surface area contributed by atoms with Gasteiger partial charge in [-0.2, -0.15) is 0 Å². The predicted molar refractivity (Wildman–Crippen MR) is 93.9 cm³/mol. The number of amides is 3. The van der Waals surface area contributed by atoms with Crippen molar-refractivity contribution in [1.29, 1.82) is 0 Å². The van der Waals surface area contributed by atoms with Crippen molar-refractivity contribution < 1.29 is 14.4 Å². The number of nitrogens with one attached hydrogen (secondary N) is 2. The van der Waals surface area contributed by atoms with Crippen molar-refractivity contribution in [2.45, 2.75) is 26.3 Å². The van der Waals surface area contributed by atoms with Crippen molar-refractivity contribution >= 4 is 23.4 Å². The van der Waals surface area contributed by atoms with Gasteiger partial charge in [0.1, 0.15) is 6.04 Å². The van der Waals surface area contributed by atoms with E-state index >= 15 is 0 Å². The number of imide groups is 1. The van der Waals surface area contributed by atoms with Gasteiger partial charge in [0, 0.05) is 5.56 Å². The Morgan fingerprint density at radius 1 is 1.08 bits per heavy atom. The van der Waals surface area contributed by atoms with Gasteiger partial charge in [-0.1, -0.05) is 35.9 Å². The highest BCUT2D eigenvalue weighted by Gasteiger charge is 2.40. The average molecular weight is 337 g/mol. The number of hydrazine groups is 1. The third kappa shape index (κ3) is 3.44. The van der Waals surface area contributed by atoms with Crippen LogP contribution in [0.2, 0.25) is 0 Å². The fourth-order valence-electron chi connectivity index (χ4n) is 2.87. The standard InChI is InChI=1S/C19H19N3O3/c1-12-8-9-16(13(2)10-12)22-17(23)11-15(19(22)25)20-21-18(24)14-6-4-3-5-7-14/h3-10,15,20H,11H2,1-2H3,(H,21,24). The summed E-state index contributed by atoms with van der Waals surface area (Å²) in [6.45, 7) is 3.81. The number of benzene rings is 2. The average Bonchev–Trinajstić information content (AvgIpc) is 2.88. The minimum absolute atomic E-state index is 0.00121. The third-order valence-electron chi connectivity index (χ3n) is 4.14. The van der Waals surface area contributed by atoms with Gasteiger partial charge in [0.2, 0.25) is 5.91 Å². The van der Waals surface area contributed by atoms with Crippen LogP contribution < -0.4 is 15.8 Å². The summed E-state index contributed by atoms with van der Waals surface area (Å²) < 4.78 is 0. The molecule has 2 aromatic rings. The molecule has 25 heavy (non-hydrogen) atoms. The van der Waals surface area contributed by atoms with Crippen LogP contribution in [0.5, 0.6) is 0 Å². The minimum atomic E-state index is -0.777. The Hall–Kier alpha value is -2.99. The summed E-state index contributed by atoms with van der Waals surface area (Å²) in [7, 11) is 0. The molecule has 0 spiro atoms. The van der Waals surface area contributed by atoms with E-state index in [9.17, 15) is 14.4 Å². The van der Waals surface area contributed by atoms with Gasteiger partial charge in [-0.25, -0.2) is 10.3 Å². The van der Waals surface area contributed by atoms with Crippen molar-refractivity contribution in [2.75, 3.05) is 4.90 Å². The largest absolute Gasteiger partial charge is 0.287 e. The van der Waals surface area contributed by atoms with Crippen LogP contribution in [0.3, 0.4) is 0 Å². The molecule has 1 aliphatic heterocycles. The molecule has 1 unspecified atom stereocenters. The Morgan fingerprint density at radius 2 is 1.80 bits per heavy atom. The van der Waals surface area contributed by atoms with Gasteiger partial charge in [0.25, 0.3) is 11.8 Å². The topological polar surface area (TPSA) is 78.5 Å². The second-order valence-corrected chi connectivity index (χ2v) is 6.08. The quantitative estimate of drug-likeness (QED) is 0.659. The van der Waals surface area contributed by atoms with Crippen molar-refractivity contribution in [3.8, 4) is 0 Å². The first kappa shape index (κ1) is 16.9. The van der Waals surface area contributed by atoms with Crippen LogP contribution >= 0.6 is 0 Å². The fourth-order valence-corrected chi connectivity index (χ4v) is 2.87. The van der Waals surface area contributed by atoms with Gasteiger partial charge in [-0.15, -0.1) is 0 Å². The molecule has 0 aromatic heterocycles. The monoisotopic (exact) mass is 337 g/mol. The van der Waals surface area contributed by atoms with Crippen molar-refractivity contribution in [1.82, 2.24) is 10.9 Å². The first-order chi connectivity index (χ1) is 12.0. The number of hydrogen-bond acceptors (Lipinski definition) is 4. The fraction of sp³-hybridized carbons (Fsp3) is 0.211. The van der Waals surface area contributed by atoms with Crippen LogP contribution in [0, 0.1) is 13.8 Å². The van der Waals surface area contributed by atoms with Gasteiger partial charge in [-0.3, -0.25) is 19.8 Å². The molecule has 0 aliphatic carbocycles. The molecule has 6 heteroatoms. The summed E-state index contributed by atoms with van der Waals surface area (Å²) in [5.74, 6) is -1.01. The number of carbonyl (C=O) groups is 3. The molecule has 0 radical (unpaired) electrons. The van der Waals surface area contributed by atoms with E-state index in [-0.39, 0.29) is 24.1 Å². The van der Waals surface area contributed by atoms with E-state index in [0.29, 0.717) is 11.3 Å². The molecule has 128 valence electrons. The highest BCUT2D eigenvalue weighted by Crippen LogP contribution is 2.26. The maximum absolute atomic E-state index is 12.6. The van der Waals surface area contributed by atoms with Gasteiger partial charge in [-0.05, 0) is 37.6 Å². The Labute approximate surface area is 145 Å². The van der Waals surface area contributed by atoms with Crippen molar-refractivity contribution in [3.05, 3.63) is 65.2 Å².